The number of ether oxygens (including phenoxy) is 1. The summed E-state index contributed by atoms with van der Waals surface area (Å²) in [5.41, 5.74) is -0.176. The third-order valence-corrected chi connectivity index (χ3v) is 4.22. The lowest BCUT2D eigenvalue weighted by Crippen LogP contribution is -2.36. The number of aromatic nitrogens is 1. The number of nitrogens with one attached hydrogen (secondary N) is 1. The van der Waals surface area contributed by atoms with E-state index in [0.717, 1.165) is 11.6 Å². The van der Waals surface area contributed by atoms with Crippen molar-refractivity contribution in [2.45, 2.75) is 31.6 Å². The lowest BCUT2D eigenvalue weighted by molar-refractivity contribution is 0.0438. The predicted molar refractivity (Wildman–Crippen MR) is 69.4 cm³/mol. The Kier molecular flexibility index (Phi) is 4.69. The zero-order valence-electron chi connectivity index (χ0n) is 10.5. The van der Waals surface area contributed by atoms with Crippen LogP contribution in [0.4, 0.5) is 0 Å². The molecular formula is C12H20N2O3S. The second kappa shape index (κ2) is 6.08. The van der Waals surface area contributed by atoms with Crippen molar-refractivity contribution < 1.29 is 14.9 Å². The molecule has 0 saturated heterocycles. The van der Waals surface area contributed by atoms with Gasteiger partial charge in [-0.15, -0.1) is 11.3 Å². The SMILES string of the molecule is COCC1(CNCc2nccs2)CC(O)C(O)C1. The molecule has 0 aliphatic heterocycles. The molecule has 0 aromatic carbocycles. The van der Waals surface area contributed by atoms with E-state index in [2.05, 4.69) is 10.3 Å². The highest BCUT2D eigenvalue weighted by atomic mass is 32.1. The number of thiazole rings is 1. The summed E-state index contributed by atoms with van der Waals surface area (Å²) >= 11 is 1.62. The zero-order chi connectivity index (χ0) is 13.0. The molecule has 1 aliphatic carbocycles. The van der Waals surface area contributed by atoms with E-state index in [1.165, 1.54) is 0 Å². The summed E-state index contributed by atoms with van der Waals surface area (Å²) in [5.74, 6) is 0. The summed E-state index contributed by atoms with van der Waals surface area (Å²) in [6.07, 6.45) is 1.67. The second-order valence-corrected chi connectivity index (χ2v) is 5.98. The number of methoxy groups -OCH3 is 1. The van der Waals surface area contributed by atoms with Crippen molar-refractivity contribution in [3.63, 3.8) is 0 Å². The maximum absolute atomic E-state index is 9.70. The second-order valence-electron chi connectivity index (χ2n) is 5.01. The van der Waals surface area contributed by atoms with Gasteiger partial charge < -0.3 is 20.3 Å². The van der Waals surface area contributed by atoms with E-state index in [9.17, 15) is 10.2 Å². The smallest absolute Gasteiger partial charge is 0.106 e. The van der Waals surface area contributed by atoms with E-state index >= 15 is 0 Å². The van der Waals surface area contributed by atoms with Gasteiger partial charge >= 0.3 is 0 Å². The van der Waals surface area contributed by atoms with Crippen LogP contribution in [0.3, 0.4) is 0 Å². The Labute approximate surface area is 111 Å². The van der Waals surface area contributed by atoms with E-state index in [1.54, 1.807) is 24.6 Å². The van der Waals surface area contributed by atoms with Crippen LogP contribution in [0.2, 0.25) is 0 Å². The van der Waals surface area contributed by atoms with Crippen LogP contribution in [0.25, 0.3) is 0 Å². The van der Waals surface area contributed by atoms with Crippen LogP contribution in [0.15, 0.2) is 11.6 Å². The Morgan fingerprint density at radius 3 is 2.78 bits per heavy atom. The highest BCUT2D eigenvalue weighted by Crippen LogP contribution is 2.38. The van der Waals surface area contributed by atoms with Crippen LogP contribution >= 0.6 is 11.3 Å². The van der Waals surface area contributed by atoms with Crippen LogP contribution in [-0.2, 0) is 11.3 Å². The molecular weight excluding hydrogens is 252 g/mol. The Hall–Kier alpha value is -0.530. The number of hydrogen-bond acceptors (Lipinski definition) is 6. The van der Waals surface area contributed by atoms with Crippen molar-refractivity contribution in [1.82, 2.24) is 10.3 Å². The summed E-state index contributed by atoms with van der Waals surface area (Å²) in [6, 6.07) is 0. The molecule has 1 saturated carbocycles. The third kappa shape index (κ3) is 3.27. The van der Waals surface area contributed by atoms with Gasteiger partial charge in [-0.05, 0) is 12.8 Å². The van der Waals surface area contributed by atoms with Crippen LogP contribution in [0, 0.1) is 5.41 Å². The minimum absolute atomic E-state index is 0.176. The average Bonchev–Trinajstić information content (AvgIpc) is 2.90. The molecule has 1 aliphatic rings. The quantitative estimate of drug-likeness (QED) is 0.698. The molecule has 6 heteroatoms. The molecule has 1 aromatic heterocycles. The van der Waals surface area contributed by atoms with Gasteiger partial charge in [-0.1, -0.05) is 0 Å². The van der Waals surface area contributed by atoms with Gasteiger partial charge in [0.05, 0.1) is 18.8 Å². The highest BCUT2D eigenvalue weighted by Gasteiger charge is 2.43. The summed E-state index contributed by atoms with van der Waals surface area (Å²) in [5, 5.41) is 25.7. The van der Waals surface area contributed by atoms with Crippen molar-refractivity contribution in [3.8, 4) is 0 Å². The number of rotatable bonds is 6. The third-order valence-electron chi connectivity index (χ3n) is 3.44. The van der Waals surface area contributed by atoms with Crippen molar-refractivity contribution in [1.29, 1.82) is 0 Å². The highest BCUT2D eigenvalue weighted by molar-refractivity contribution is 7.09. The summed E-state index contributed by atoms with van der Waals surface area (Å²) in [4.78, 5) is 4.20. The Morgan fingerprint density at radius 2 is 2.22 bits per heavy atom. The van der Waals surface area contributed by atoms with E-state index in [1.807, 2.05) is 5.38 Å². The van der Waals surface area contributed by atoms with Gasteiger partial charge in [-0.3, -0.25) is 0 Å². The summed E-state index contributed by atoms with van der Waals surface area (Å²) in [6.45, 7) is 1.98. The maximum Gasteiger partial charge on any atom is 0.106 e. The maximum atomic E-state index is 9.70. The fourth-order valence-electron chi connectivity index (χ4n) is 2.64. The van der Waals surface area contributed by atoms with Crippen LogP contribution < -0.4 is 5.32 Å². The molecule has 0 amide bonds. The molecule has 0 bridgehead atoms. The fraction of sp³-hybridized carbons (Fsp3) is 0.750. The lowest BCUT2D eigenvalue weighted by atomic mass is 9.87. The molecule has 1 fully saturated rings. The molecule has 3 N–H and O–H groups in total. The average molecular weight is 272 g/mol. The number of aliphatic hydroxyl groups excluding tert-OH is 2. The molecule has 0 spiro atoms. The topological polar surface area (TPSA) is 74.6 Å². The van der Waals surface area contributed by atoms with Crippen LogP contribution in [-0.4, -0.2) is 47.7 Å². The van der Waals surface area contributed by atoms with Gasteiger partial charge in [0.25, 0.3) is 0 Å². The molecule has 0 radical (unpaired) electrons. The normalized spacial score (nSPS) is 31.9. The first-order valence-electron chi connectivity index (χ1n) is 6.09. The van der Waals surface area contributed by atoms with Crippen molar-refractivity contribution in [3.05, 3.63) is 16.6 Å². The van der Waals surface area contributed by atoms with Crippen LogP contribution in [0.1, 0.15) is 17.8 Å². The molecule has 1 aromatic rings. The predicted octanol–water partition coefficient (Wildman–Crippen LogP) is 0.381. The van der Waals surface area contributed by atoms with E-state index in [-0.39, 0.29) is 5.41 Å². The first kappa shape index (κ1) is 13.9. The van der Waals surface area contributed by atoms with Crippen molar-refractivity contribution in [2.24, 2.45) is 5.41 Å². The molecule has 5 nitrogen and oxygen atoms in total. The van der Waals surface area contributed by atoms with Crippen molar-refractivity contribution in [2.75, 3.05) is 20.3 Å². The van der Waals surface area contributed by atoms with Gasteiger partial charge in [-0.25, -0.2) is 4.98 Å². The van der Waals surface area contributed by atoms with E-state index in [4.69, 9.17) is 4.74 Å². The molecule has 1 heterocycles. The first-order valence-corrected chi connectivity index (χ1v) is 6.97. The molecule has 102 valence electrons. The molecule has 2 unspecified atom stereocenters. The Morgan fingerprint density at radius 1 is 1.50 bits per heavy atom. The van der Waals surface area contributed by atoms with E-state index in [0.29, 0.717) is 26.0 Å². The standard InChI is InChI=1S/C12H20N2O3S/c1-17-8-12(4-9(15)10(16)5-12)7-13-6-11-14-2-3-18-11/h2-3,9-10,13,15-16H,4-8H2,1H3. The van der Waals surface area contributed by atoms with Gasteiger partial charge in [0.2, 0.25) is 0 Å². The minimum atomic E-state index is -0.637. The molecule has 2 atom stereocenters. The first-order chi connectivity index (χ1) is 8.65. The largest absolute Gasteiger partial charge is 0.390 e. The Balaban J connectivity index is 1.87. The summed E-state index contributed by atoms with van der Waals surface area (Å²) in [7, 11) is 1.65. The fourth-order valence-corrected chi connectivity index (χ4v) is 3.22. The van der Waals surface area contributed by atoms with Gasteiger partial charge in [0, 0.05) is 37.2 Å². The van der Waals surface area contributed by atoms with E-state index < -0.39 is 12.2 Å². The van der Waals surface area contributed by atoms with Gasteiger partial charge in [0.1, 0.15) is 5.01 Å². The number of aliphatic hydroxyl groups is 2. The molecule has 18 heavy (non-hydrogen) atoms. The summed E-state index contributed by atoms with van der Waals surface area (Å²) < 4.78 is 5.24. The zero-order valence-corrected chi connectivity index (χ0v) is 11.3. The number of hydrogen-bond donors (Lipinski definition) is 3. The van der Waals surface area contributed by atoms with Crippen LogP contribution in [0.5, 0.6) is 0 Å². The minimum Gasteiger partial charge on any atom is -0.390 e. The van der Waals surface area contributed by atoms with Gasteiger partial charge in [0.15, 0.2) is 0 Å². The lowest BCUT2D eigenvalue weighted by Gasteiger charge is -2.28. The monoisotopic (exact) mass is 272 g/mol. The molecule has 2 rings (SSSR count). The van der Waals surface area contributed by atoms with Gasteiger partial charge in [-0.2, -0.15) is 0 Å². The number of nitrogens with zero attached hydrogens (tertiary/aromatic N) is 1. The Bertz CT molecular complexity index is 348. The van der Waals surface area contributed by atoms with Crippen molar-refractivity contribution >= 4 is 11.3 Å².